The predicted molar refractivity (Wildman–Crippen MR) is 58.3 cm³/mol. The van der Waals surface area contributed by atoms with Gasteiger partial charge in [-0.3, -0.25) is 0 Å². The van der Waals surface area contributed by atoms with E-state index in [-0.39, 0.29) is 6.33 Å². The van der Waals surface area contributed by atoms with Gasteiger partial charge in [0.25, 0.3) is 0 Å². The SMILES string of the molecule is CCCSP(C)SCCC. The fourth-order valence-electron chi connectivity index (χ4n) is 0.477. The fourth-order valence-corrected chi connectivity index (χ4v) is 6.31. The van der Waals surface area contributed by atoms with E-state index in [9.17, 15) is 0 Å². The molecule has 0 heterocycles. The third kappa shape index (κ3) is 7.24. The van der Waals surface area contributed by atoms with Gasteiger partial charge in [-0.1, -0.05) is 13.8 Å². The Morgan fingerprint density at radius 2 is 1.40 bits per heavy atom. The highest BCUT2D eigenvalue weighted by atomic mass is 33.1. The lowest BCUT2D eigenvalue weighted by Crippen LogP contribution is -1.72. The monoisotopic (exact) mass is 196 g/mol. The summed E-state index contributed by atoms with van der Waals surface area (Å²) in [6, 6.07) is 0. The Morgan fingerprint density at radius 1 is 1.00 bits per heavy atom. The van der Waals surface area contributed by atoms with E-state index in [1.165, 1.54) is 24.3 Å². The standard InChI is InChI=1S/C7H17PS2/c1-4-6-9-8(3)10-7-5-2/h4-7H2,1-3H3. The summed E-state index contributed by atoms with van der Waals surface area (Å²) in [5.74, 6) is 2.69. The third-order valence-corrected chi connectivity index (χ3v) is 8.04. The average molecular weight is 196 g/mol. The van der Waals surface area contributed by atoms with Gasteiger partial charge < -0.3 is 0 Å². The number of hydrogen-bond acceptors (Lipinski definition) is 2. The second kappa shape index (κ2) is 8.23. The molecule has 0 aliphatic rings. The first-order chi connectivity index (χ1) is 4.81. The minimum atomic E-state index is 0.241. The van der Waals surface area contributed by atoms with Crippen LogP contribution in [0.15, 0.2) is 0 Å². The Kier molecular flexibility index (Phi) is 9.16. The first kappa shape index (κ1) is 11.1. The van der Waals surface area contributed by atoms with E-state index in [4.69, 9.17) is 0 Å². The van der Waals surface area contributed by atoms with E-state index in [1.807, 2.05) is 0 Å². The molecular formula is C7H17PS2. The van der Waals surface area contributed by atoms with Crippen LogP contribution in [0.25, 0.3) is 0 Å². The largest absolute Gasteiger partial charge is 0.123 e. The lowest BCUT2D eigenvalue weighted by molar-refractivity contribution is 1.11. The topological polar surface area (TPSA) is 0 Å². The van der Waals surface area contributed by atoms with Gasteiger partial charge in [0.05, 0.1) is 0 Å². The van der Waals surface area contributed by atoms with Crippen LogP contribution in [0.3, 0.4) is 0 Å². The van der Waals surface area contributed by atoms with Crippen molar-refractivity contribution in [1.82, 2.24) is 0 Å². The molecule has 10 heavy (non-hydrogen) atoms. The molecule has 0 saturated carbocycles. The Labute approximate surface area is 74.2 Å². The molecule has 0 spiro atoms. The highest BCUT2D eigenvalue weighted by Crippen LogP contribution is 2.57. The quantitative estimate of drug-likeness (QED) is 0.583. The van der Waals surface area contributed by atoms with E-state index < -0.39 is 0 Å². The summed E-state index contributed by atoms with van der Waals surface area (Å²) in [5, 5.41) is 0. The summed E-state index contributed by atoms with van der Waals surface area (Å²) in [4.78, 5) is 0. The van der Waals surface area contributed by atoms with Gasteiger partial charge in [-0.15, -0.1) is 22.8 Å². The van der Waals surface area contributed by atoms with Crippen LogP contribution in [-0.2, 0) is 0 Å². The normalized spacial score (nSPS) is 10.8. The van der Waals surface area contributed by atoms with E-state index in [1.54, 1.807) is 0 Å². The highest BCUT2D eigenvalue weighted by Gasteiger charge is 1.99. The van der Waals surface area contributed by atoms with Crippen molar-refractivity contribution in [3.05, 3.63) is 0 Å². The Balaban J connectivity index is 3.00. The molecule has 0 aliphatic heterocycles. The Morgan fingerprint density at radius 3 is 1.70 bits per heavy atom. The van der Waals surface area contributed by atoms with Gasteiger partial charge in [-0.2, -0.15) is 0 Å². The first-order valence-electron chi connectivity index (χ1n) is 3.80. The minimum Gasteiger partial charge on any atom is -0.123 e. The molecule has 0 aliphatic carbocycles. The minimum absolute atomic E-state index is 0.241. The van der Waals surface area contributed by atoms with Gasteiger partial charge in [0.2, 0.25) is 0 Å². The van der Waals surface area contributed by atoms with Gasteiger partial charge in [-0.05, 0) is 31.0 Å². The van der Waals surface area contributed by atoms with Crippen molar-refractivity contribution in [2.75, 3.05) is 18.2 Å². The number of rotatable bonds is 6. The molecule has 0 amide bonds. The zero-order valence-corrected chi connectivity index (χ0v) is 9.62. The smallest absolute Gasteiger partial charge is 0.00903 e. The fraction of sp³-hybridized carbons (Fsp3) is 1.00. The van der Waals surface area contributed by atoms with E-state index in [0.717, 1.165) is 0 Å². The summed E-state index contributed by atoms with van der Waals surface area (Å²) in [5.41, 5.74) is 0. The molecule has 0 aromatic heterocycles. The second-order valence-electron chi connectivity index (χ2n) is 2.11. The van der Waals surface area contributed by atoms with Crippen molar-refractivity contribution >= 4 is 29.1 Å². The van der Waals surface area contributed by atoms with Crippen LogP contribution < -0.4 is 0 Å². The van der Waals surface area contributed by atoms with Crippen LogP contribution in [0.4, 0.5) is 0 Å². The molecule has 3 heteroatoms. The van der Waals surface area contributed by atoms with Gasteiger partial charge in [-0.25, -0.2) is 0 Å². The van der Waals surface area contributed by atoms with Gasteiger partial charge in [0.15, 0.2) is 0 Å². The zero-order chi connectivity index (χ0) is 7.82. The van der Waals surface area contributed by atoms with Crippen molar-refractivity contribution in [3.8, 4) is 0 Å². The molecule has 0 saturated heterocycles. The van der Waals surface area contributed by atoms with Gasteiger partial charge in [0.1, 0.15) is 0 Å². The molecule has 62 valence electrons. The molecule has 0 nitrogen and oxygen atoms in total. The van der Waals surface area contributed by atoms with Crippen molar-refractivity contribution in [2.45, 2.75) is 26.7 Å². The summed E-state index contributed by atoms with van der Waals surface area (Å²) >= 11 is 4.29. The average Bonchev–Trinajstić information content (AvgIpc) is 1.97. The van der Waals surface area contributed by atoms with Crippen molar-refractivity contribution in [3.63, 3.8) is 0 Å². The van der Waals surface area contributed by atoms with Gasteiger partial charge >= 0.3 is 0 Å². The molecule has 0 unspecified atom stereocenters. The van der Waals surface area contributed by atoms with Crippen molar-refractivity contribution in [1.29, 1.82) is 0 Å². The molecule has 0 N–H and O–H groups in total. The molecule has 0 atom stereocenters. The summed E-state index contributed by atoms with van der Waals surface area (Å²) in [7, 11) is 0. The molecule has 0 bridgehead atoms. The lowest BCUT2D eigenvalue weighted by Gasteiger charge is -2.08. The molecule has 0 aromatic carbocycles. The third-order valence-electron chi connectivity index (χ3n) is 0.954. The Bertz CT molecular complexity index is 60.6. The summed E-state index contributed by atoms with van der Waals surface area (Å²) in [6.07, 6.45) is 2.89. The van der Waals surface area contributed by atoms with Crippen LogP contribution in [-0.4, -0.2) is 18.2 Å². The first-order valence-corrected chi connectivity index (χ1v) is 8.77. The van der Waals surface area contributed by atoms with Crippen LogP contribution in [0.5, 0.6) is 0 Å². The van der Waals surface area contributed by atoms with E-state index in [0.29, 0.717) is 0 Å². The maximum Gasteiger partial charge on any atom is 0.00903 e. The molecular weight excluding hydrogens is 179 g/mol. The Hall–Kier alpha value is 1.13. The maximum absolute atomic E-state index is 2.37. The van der Waals surface area contributed by atoms with Crippen LogP contribution >= 0.6 is 29.1 Å². The van der Waals surface area contributed by atoms with Crippen molar-refractivity contribution < 1.29 is 0 Å². The van der Waals surface area contributed by atoms with Crippen LogP contribution in [0, 0.1) is 0 Å². The second-order valence-corrected chi connectivity index (χ2v) is 9.85. The zero-order valence-electron chi connectivity index (χ0n) is 7.09. The highest BCUT2D eigenvalue weighted by molar-refractivity contribution is 8.88. The van der Waals surface area contributed by atoms with Crippen molar-refractivity contribution in [2.24, 2.45) is 0 Å². The van der Waals surface area contributed by atoms with E-state index >= 15 is 0 Å². The summed E-state index contributed by atoms with van der Waals surface area (Å²) < 4.78 is 0. The summed E-state index contributed by atoms with van der Waals surface area (Å²) in [6.45, 7) is 6.87. The number of hydrogen-bond donors (Lipinski definition) is 0. The molecule has 0 fully saturated rings. The van der Waals surface area contributed by atoms with Crippen LogP contribution in [0.2, 0.25) is 0 Å². The van der Waals surface area contributed by atoms with Gasteiger partial charge in [0, 0.05) is 6.33 Å². The molecule has 0 aromatic rings. The lowest BCUT2D eigenvalue weighted by atomic mass is 10.6. The molecule has 0 rings (SSSR count). The van der Waals surface area contributed by atoms with E-state index in [2.05, 4.69) is 43.3 Å². The molecule has 0 radical (unpaired) electrons. The van der Waals surface area contributed by atoms with Crippen LogP contribution in [0.1, 0.15) is 26.7 Å². The predicted octanol–water partition coefficient (Wildman–Crippen LogP) is 4.21. The maximum atomic E-state index is 2.37.